The van der Waals surface area contributed by atoms with Crippen LogP contribution in [0.25, 0.3) is 0 Å². The lowest BCUT2D eigenvalue weighted by molar-refractivity contribution is 0.318. The average Bonchev–Trinajstić information content (AvgIpc) is 1.90. The maximum atomic E-state index is 5.40. The fraction of sp³-hybridized carbons (Fsp3) is 1.00. The number of rotatable bonds is 6. The van der Waals surface area contributed by atoms with Crippen LogP contribution in [0.3, 0.4) is 0 Å². The molecule has 0 aliphatic carbocycles. The van der Waals surface area contributed by atoms with Gasteiger partial charge in [0.15, 0.2) is 0 Å². The predicted octanol–water partition coefficient (Wildman–Crippen LogP) is 0.107. The zero-order valence-electron chi connectivity index (χ0n) is 6.16. The second-order valence-corrected chi connectivity index (χ2v) is 2.97. The first-order valence-corrected chi connectivity index (χ1v) is 4.75. The SMILES string of the molecule is NCCN(CCS)CCS. The van der Waals surface area contributed by atoms with Gasteiger partial charge in [0.25, 0.3) is 0 Å². The van der Waals surface area contributed by atoms with Crippen LogP contribution in [0, 0.1) is 0 Å². The van der Waals surface area contributed by atoms with Gasteiger partial charge in [-0.3, -0.25) is 0 Å². The lowest BCUT2D eigenvalue weighted by Crippen LogP contribution is -2.32. The van der Waals surface area contributed by atoms with Gasteiger partial charge in [-0.2, -0.15) is 25.3 Å². The van der Waals surface area contributed by atoms with Gasteiger partial charge in [-0.25, -0.2) is 0 Å². The molecule has 0 saturated heterocycles. The van der Waals surface area contributed by atoms with Crippen molar-refractivity contribution in [2.45, 2.75) is 0 Å². The molecule has 0 aromatic rings. The predicted molar refractivity (Wildman–Crippen MR) is 53.2 cm³/mol. The first kappa shape index (κ1) is 10.6. The highest BCUT2D eigenvalue weighted by Crippen LogP contribution is 1.89. The van der Waals surface area contributed by atoms with Gasteiger partial charge in [-0.1, -0.05) is 0 Å². The lowest BCUT2D eigenvalue weighted by atomic mass is 10.5. The van der Waals surface area contributed by atoms with E-state index in [0.717, 1.165) is 37.7 Å². The Labute approximate surface area is 74.0 Å². The van der Waals surface area contributed by atoms with Crippen LogP contribution in [0.2, 0.25) is 0 Å². The summed E-state index contributed by atoms with van der Waals surface area (Å²) < 4.78 is 0. The highest BCUT2D eigenvalue weighted by atomic mass is 32.1. The van der Waals surface area contributed by atoms with E-state index in [1.807, 2.05) is 0 Å². The highest BCUT2D eigenvalue weighted by Gasteiger charge is 1.99. The number of hydrogen-bond donors (Lipinski definition) is 3. The Balaban J connectivity index is 3.30. The summed E-state index contributed by atoms with van der Waals surface area (Å²) in [5.74, 6) is 1.79. The van der Waals surface area contributed by atoms with Crippen molar-refractivity contribution in [1.82, 2.24) is 4.90 Å². The Hall–Kier alpha value is 0.620. The molecule has 0 aliphatic rings. The molecule has 0 rings (SSSR count). The number of nitrogens with two attached hydrogens (primary N) is 1. The van der Waals surface area contributed by atoms with Crippen LogP contribution in [0.1, 0.15) is 0 Å². The molecule has 2 N–H and O–H groups in total. The van der Waals surface area contributed by atoms with E-state index in [4.69, 9.17) is 5.73 Å². The molecule has 10 heavy (non-hydrogen) atoms. The monoisotopic (exact) mass is 180 g/mol. The summed E-state index contributed by atoms with van der Waals surface area (Å²) in [6.45, 7) is 3.71. The standard InChI is InChI=1S/C6H16N2S2/c7-1-2-8(3-5-9)4-6-10/h9-10H,1-7H2. The van der Waals surface area contributed by atoms with Gasteiger partial charge >= 0.3 is 0 Å². The topological polar surface area (TPSA) is 29.3 Å². The Morgan fingerprint density at radius 1 is 1.00 bits per heavy atom. The van der Waals surface area contributed by atoms with Crippen LogP contribution in [0.5, 0.6) is 0 Å². The molecule has 62 valence electrons. The molecule has 0 spiro atoms. The van der Waals surface area contributed by atoms with Crippen LogP contribution in [0.15, 0.2) is 0 Å². The van der Waals surface area contributed by atoms with Gasteiger partial charge in [0.2, 0.25) is 0 Å². The van der Waals surface area contributed by atoms with E-state index in [2.05, 4.69) is 30.2 Å². The zero-order chi connectivity index (χ0) is 7.82. The Kier molecular flexibility index (Phi) is 8.20. The summed E-state index contributed by atoms with van der Waals surface area (Å²) in [4.78, 5) is 2.26. The van der Waals surface area contributed by atoms with Crippen molar-refractivity contribution in [3.05, 3.63) is 0 Å². The third kappa shape index (κ3) is 5.41. The van der Waals surface area contributed by atoms with Crippen LogP contribution in [-0.4, -0.2) is 42.6 Å². The van der Waals surface area contributed by atoms with Crippen molar-refractivity contribution in [3.8, 4) is 0 Å². The number of hydrogen-bond acceptors (Lipinski definition) is 4. The van der Waals surface area contributed by atoms with E-state index in [0.29, 0.717) is 0 Å². The van der Waals surface area contributed by atoms with E-state index in [-0.39, 0.29) is 0 Å². The third-order valence-corrected chi connectivity index (χ3v) is 1.68. The fourth-order valence-electron chi connectivity index (χ4n) is 0.801. The summed E-state index contributed by atoms with van der Waals surface area (Å²) in [5, 5.41) is 0. The third-order valence-electron chi connectivity index (χ3n) is 1.28. The first-order valence-electron chi connectivity index (χ1n) is 3.49. The molecule has 0 aromatic heterocycles. The van der Waals surface area contributed by atoms with Gasteiger partial charge in [-0.05, 0) is 0 Å². The van der Waals surface area contributed by atoms with Gasteiger partial charge in [-0.15, -0.1) is 0 Å². The van der Waals surface area contributed by atoms with Crippen molar-refractivity contribution in [3.63, 3.8) is 0 Å². The summed E-state index contributed by atoms with van der Waals surface area (Å²) in [5.41, 5.74) is 5.40. The Bertz CT molecular complexity index is 56.5. The molecule has 0 heterocycles. The van der Waals surface area contributed by atoms with Gasteiger partial charge < -0.3 is 10.6 Å². The molecule has 2 nitrogen and oxygen atoms in total. The molecular formula is C6H16N2S2. The number of nitrogens with zero attached hydrogens (tertiary/aromatic N) is 1. The van der Waals surface area contributed by atoms with E-state index in [9.17, 15) is 0 Å². The van der Waals surface area contributed by atoms with Gasteiger partial charge in [0.05, 0.1) is 0 Å². The maximum absolute atomic E-state index is 5.40. The summed E-state index contributed by atoms with van der Waals surface area (Å²) in [6, 6.07) is 0. The minimum Gasteiger partial charge on any atom is -0.329 e. The molecule has 0 radical (unpaired) electrons. The lowest BCUT2D eigenvalue weighted by Gasteiger charge is -2.18. The summed E-state index contributed by atoms with van der Waals surface area (Å²) in [7, 11) is 0. The normalized spacial score (nSPS) is 10.8. The first-order chi connectivity index (χ1) is 4.85. The highest BCUT2D eigenvalue weighted by molar-refractivity contribution is 7.80. The molecule has 0 saturated carbocycles. The molecule has 0 aliphatic heterocycles. The zero-order valence-corrected chi connectivity index (χ0v) is 7.95. The van der Waals surface area contributed by atoms with E-state index in [1.54, 1.807) is 0 Å². The number of thiol groups is 2. The fourth-order valence-corrected chi connectivity index (χ4v) is 1.37. The van der Waals surface area contributed by atoms with Crippen LogP contribution >= 0.6 is 25.3 Å². The molecule has 0 bridgehead atoms. The van der Waals surface area contributed by atoms with Crippen molar-refractivity contribution in [2.24, 2.45) is 5.73 Å². The minimum atomic E-state index is 0.724. The molecule has 0 atom stereocenters. The Morgan fingerprint density at radius 3 is 1.80 bits per heavy atom. The van der Waals surface area contributed by atoms with E-state index < -0.39 is 0 Å². The maximum Gasteiger partial charge on any atom is 0.0105 e. The Morgan fingerprint density at radius 2 is 1.50 bits per heavy atom. The largest absolute Gasteiger partial charge is 0.329 e. The molecule has 0 fully saturated rings. The molecule has 0 aromatic carbocycles. The summed E-state index contributed by atoms with van der Waals surface area (Å²) >= 11 is 8.28. The van der Waals surface area contributed by atoms with Crippen molar-refractivity contribution in [2.75, 3.05) is 37.7 Å². The van der Waals surface area contributed by atoms with Crippen molar-refractivity contribution < 1.29 is 0 Å². The van der Waals surface area contributed by atoms with Crippen LogP contribution < -0.4 is 5.73 Å². The smallest absolute Gasteiger partial charge is 0.0105 e. The van der Waals surface area contributed by atoms with Gasteiger partial charge in [0, 0.05) is 37.7 Å². The molecule has 0 amide bonds. The van der Waals surface area contributed by atoms with Crippen LogP contribution in [-0.2, 0) is 0 Å². The van der Waals surface area contributed by atoms with E-state index in [1.165, 1.54) is 0 Å². The molecular weight excluding hydrogens is 164 g/mol. The summed E-state index contributed by atoms with van der Waals surface area (Å²) in [6.07, 6.45) is 0. The second-order valence-electron chi connectivity index (χ2n) is 2.08. The van der Waals surface area contributed by atoms with Crippen molar-refractivity contribution >= 4 is 25.3 Å². The molecule has 0 unspecified atom stereocenters. The quantitative estimate of drug-likeness (QED) is 0.506. The van der Waals surface area contributed by atoms with E-state index >= 15 is 0 Å². The molecule has 4 heteroatoms. The second kappa shape index (κ2) is 7.72. The van der Waals surface area contributed by atoms with Crippen LogP contribution in [0.4, 0.5) is 0 Å². The average molecular weight is 180 g/mol. The van der Waals surface area contributed by atoms with Gasteiger partial charge in [0.1, 0.15) is 0 Å². The van der Waals surface area contributed by atoms with Crippen molar-refractivity contribution in [1.29, 1.82) is 0 Å². The minimum absolute atomic E-state index is 0.724.